The predicted molar refractivity (Wildman–Crippen MR) is 73.6 cm³/mol. The number of carbonyl (C=O) groups excluding carboxylic acids is 1. The minimum Gasteiger partial charge on any atom is -0.337 e. The van der Waals surface area contributed by atoms with E-state index in [9.17, 15) is 4.79 Å². The van der Waals surface area contributed by atoms with Crippen LogP contribution in [0, 0.1) is 11.3 Å². The first-order valence-electron chi connectivity index (χ1n) is 7.33. The normalized spacial score (nSPS) is 30.2. The average molecular weight is 253 g/mol. The smallest absolute Gasteiger partial charge is 0.317 e. The zero-order valence-electron chi connectivity index (χ0n) is 11.8. The van der Waals surface area contributed by atoms with Gasteiger partial charge in [0.05, 0.1) is 0 Å². The highest BCUT2D eigenvalue weighted by Gasteiger charge is 2.28. The van der Waals surface area contributed by atoms with E-state index in [1.165, 1.54) is 12.8 Å². The van der Waals surface area contributed by atoms with Crippen molar-refractivity contribution in [2.45, 2.75) is 39.5 Å². The molecular weight excluding hydrogens is 226 g/mol. The molecule has 0 aromatic heterocycles. The van der Waals surface area contributed by atoms with Gasteiger partial charge in [-0.05, 0) is 43.6 Å². The van der Waals surface area contributed by atoms with Crippen molar-refractivity contribution in [1.29, 1.82) is 0 Å². The molecule has 1 atom stereocenters. The van der Waals surface area contributed by atoms with E-state index in [-0.39, 0.29) is 11.4 Å². The number of carbonyl (C=O) groups is 1. The topological polar surface area (TPSA) is 44.4 Å². The number of nitrogens with one attached hydrogen (secondary N) is 2. The largest absolute Gasteiger partial charge is 0.337 e. The lowest BCUT2D eigenvalue weighted by atomic mass is 9.83. The van der Waals surface area contributed by atoms with Crippen LogP contribution in [-0.4, -0.2) is 43.7 Å². The molecule has 104 valence electrons. The van der Waals surface area contributed by atoms with E-state index in [4.69, 9.17) is 0 Å². The molecule has 0 saturated carbocycles. The van der Waals surface area contributed by atoms with Gasteiger partial charge >= 0.3 is 6.03 Å². The third-order valence-corrected chi connectivity index (χ3v) is 4.42. The fourth-order valence-corrected chi connectivity index (χ4v) is 2.88. The lowest BCUT2D eigenvalue weighted by Crippen LogP contribution is -2.50. The van der Waals surface area contributed by atoms with Gasteiger partial charge < -0.3 is 15.5 Å². The molecular formula is C14H27N3O. The molecule has 0 spiro atoms. The number of rotatable bonds is 2. The molecule has 0 aromatic carbocycles. The number of urea groups is 1. The fourth-order valence-electron chi connectivity index (χ4n) is 2.88. The number of likely N-dealkylation sites (tertiary alicyclic amines) is 1. The van der Waals surface area contributed by atoms with Gasteiger partial charge in [0.25, 0.3) is 0 Å². The summed E-state index contributed by atoms with van der Waals surface area (Å²) in [5.41, 5.74) is 0.233. The highest BCUT2D eigenvalue weighted by atomic mass is 16.2. The van der Waals surface area contributed by atoms with Gasteiger partial charge in [-0.2, -0.15) is 0 Å². The molecule has 2 saturated heterocycles. The zero-order valence-corrected chi connectivity index (χ0v) is 11.8. The third-order valence-electron chi connectivity index (χ3n) is 4.42. The predicted octanol–water partition coefficient (Wildman–Crippen LogP) is 1.82. The molecule has 2 heterocycles. The second-order valence-electron chi connectivity index (χ2n) is 6.42. The van der Waals surface area contributed by atoms with Crippen LogP contribution in [0.15, 0.2) is 0 Å². The van der Waals surface area contributed by atoms with Crippen LogP contribution in [0.3, 0.4) is 0 Å². The lowest BCUT2D eigenvalue weighted by Gasteiger charge is -2.36. The Bertz CT molecular complexity index is 279. The van der Waals surface area contributed by atoms with Crippen LogP contribution < -0.4 is 10.6 Å². The fraction of sp³-hybridized carbons (Fsp3) is 0.929. The van der Waals surface area contributed by atoms with Crippen LogP contribution in [0.2, 0.25) is 0 Å². The van der Waals surface area contributed by atoms with Crippen molar-refractivity contribution < 1.29 is 4.79 Å². The molecule has 4 heteroatoms. The van der Waals surface area contributed by atoms with Crippen molar-refractivity contribution in [2.24, 2.45) is 11.3 Å². The van der Waals surface area contributed by atoms with E-state index in [2.05, 4.69) is 24.5 Å². The number of nitrogens with zero attached hydrogens (tertiary/aromatic N) is 1. The molecule has 0 bridgehead atoms. The van der Waals surface area contributed by atoms with Gasteiger partial charge in [0, 0.05) is 26.2 Å². The molecule has 2 aliphatic rings. The highest BCUT2D eigenvalue weighted by molar-refractivity contribution is 5.74. The Morgan fingerprint density at radius 3 is 2.78 bits per heavy atom. The Morgan fingerprint density at radius 2 is 2.17 bits per heavy atom. The van der Waals surface area contributed by atoms with Crippen LogP contribution >= 0.6 is 0 Å². The van der Waals surface area contributed by atoms with Gasteiger partial charge in [-0.1, -0.05) is 13.8 Å². The molecule has 2 rings (SSSR count). The minimum absolute atomic E-state index is 0.133. The molecule has 0 aliphatic carbocycles. The van der Waals surface area contributed by atoms with Crippen LogP contribution in [0.25, 0.3) is 0 Å². The van der Waals surface area contributed by atoms with Crippen LogP contribution in [-0.2, 0) is 0 Å². The van der Waals surface area contributed by atoms with Gasteiger partial charge in [0.15, 0.2) is 0 Å². The average Bonchev–Trinajstić information content (AvgIpc) is 2.38. The molecule has 0 aromatic rings. The molecule has 2 amide bonds. The second kappa shape index (κ2) is 5.91. The van der Waals surface area contributed by atoms with Gasteiger partial charge in [0.2, 0.25) is 0 Å². The summed E-state index contributed by atoms with van der Waals surface area (Å²) in [6, 6.07) is 0.133. The Labute approximate surface area is 110 Å². The maximum absolute atomic E-state index is 12.1. The summed E-state index contributed by atoms with van der Waals surface area (Å²) in [4.78, 5) is 14.1. The number of hydrogen-bond donors (Lipinski definition) is 2. The summed E-state index contributed by atoms with van der Waals surface area (Å²) in [7, 11) is 0. The van der Waals surface area contributed by atoms with E-state index in [1.807, 2.05) is 4.90 Å². The van der Waals surface area contributed by atoms with Crippen LogP contribution in [0.5, 0.6) is 0 Å². The summed E-state index contributed by atoms with van der Waals surface area (Å²) < 4.78 is 0. The first-order chi connectivity index (χ1) is 8.59. The van der Waals surface area contributed by atoms with Gasteiger partial charge in [-0.3, -0.25) is 0 Å². The standard InChI is InChI=1S/C14H27N3O/c1-12-4-8-17(9-5-12)13(18)16-11-14(2)6-3-7-15-10-14/h12,15H,3-11H2,1-2H3,(H,16,18). The second-order valence-corrected chi connectivity index (χ2v) is 6.42. The van der Waals surface area contributed by atoms with E-state index in [1.54, 1.807) is 0 Å². The first kappa shape index (κ1) is 13.7. The molecule has 2 N–H and O–H groups in total. The molecule has 2 aliphatic heterocycles. The Hall–Kier alpha value is -0.770. The van der Waals surface area contributed by atoms with Crippen molar-refractivity contribution in [3.05, 3.63) is 0 Å². The summed E-state index contributed by atoms with van der Waals surface area (Å²) in [5, 5.41) is 6.54. The summed E-state index contributed by atoms with van der Waals surface area (Å²) in [6.07, 6.45) is 4.71. The van der Waals surface area contributed by atoms with E-state index >= 15 is 0 Å². The number of piperidine rings is 2. The Kier molecular flexibility index (Phi) is 4.49. The van der Waals surface area contributed by atoms with Crippen molar-refractivity contribution >= 4 is 6.03 Å². The summed E-state index contributed by atoms with van der Waals surface area (Å²) >= 11 is 0. The van der Waals surface area contributed by atoms with E-state index in [0.29, 0.717) is 0 Å². The maximum atomic E-state index is 12.1. The molecule has 4 nitrogen and oxygen atoms in total. The first-order valence-corrected chi connectivity index (χ1v) is 7.33. The number of hydrogen-bond acceptors (Lipinski definition) is 2. The van der Waals surface area contributed by atoms with Gasteiger partial charge in [-0.25, -0.2) is 4.79 Å². The van der Waals surface area contributed by atoms with Crippen molar-refractivity contribution in [2.75, 3.05) is 32.7 Å². The van der Waals surface area contributed by atoms with Crippen molar-refractivity contribution in [3.63, 3.8) is 0 Å². The third kappa shape index (κ3) is 3.61. The van der Waals surface area contributed by atoms with Gasteiger partial charge in [-0.15, -0.1) is 0 Å². The quantitative estimate of drug-likeness (QED) is 0.788. The molecule has 2 fully saturated rings. The molecule has 18 heavy (non-hydrogen) atoms. The Balaban J connectivity index is 1.74. The van der Waals surface area contributed by atoms with E-state index < -0.39 is 0 Å². The van der Waals surface area contributed by atoms with Crippen molar-refractivity contribution in [1.82, 2.24) is 15.5 Å². The minimum atomic E-state index is 0.133. The van der Waals surface area contributed by atoms with Crippen LogP contribution in [0.1, 0.15) is 39.5 Å². The molecule has 0 radical (unpaired) electrons. The maximum Gasteiger partial charge on any atom is 0.317 e. The lowest BCUT2D eigenvalue weighted by molar-refractivity contribution is 0.163. The van der Waals surface area contributed by atoms with Crippen LogP contribution in [0.4, 0.5) is 4.79 Å². The monoisotopic (exact) mass is 253 g/mol. The van der Waals surface area contributed by atoms with E-state index in [0.717, 1.165) is 51.5 Å². The highest BCUT2D eigenvalue weighted by Crippen LogP contribution is 2.24. The summed E-state index contributed by atoms with van der Waals surface area (Å²) in [5.74, 6) is 0.772. The molecule has 1 unspecified atom stereocenters. The zero-order chi connectivity index (χ0) is 13.0. The Morgan fingerprint density at radius 1 is 1.44 bits per heavy atom. The number of amides is 2. The SMILES string of the molecule is CC1CCN(C(=O)NCC2(C)CCCNC2)CC1. The van der Waals surface area contributed by atoms with Crippen molar-refractivity contribution in [3.8, 4) is 0 Å². The van der Waals surface area contributed by atoms with Gasteiger partial charge in [0.1, 0.15) is 0 Å². The summed E-state index contributed by atoms with van der Waals surface area (Å²) in [6.45, 7) is 9.30.